The average Bonchev–Trinajstić information content (AvgIpc) is 1.99. The lowest BCUT2D eigenvalue weighted by atomic mass is 10.4. The summed E-state index contributed by atoms with van der Waals surface area (Å²) in [6.07, 6.45) is 0. The Labute approximate surface area is 83.6 Å². The quantitative estimate of drug-likeness (QED) is 0.326. The third-order valence-corrected chi connectivity index (χ3v) is 3.40. The average molecular weight is 308 g/mol. The highest BCUT2D eigenvalue weighted by Gasteiger charge is 2.40. The SMILES string of the molecule is O=[N+]([O-])OCC(Br)(CBr)[N+](=O)[O-]. The fraction of sp³-hybridized carbons (Fsp3) is 1.00. The Balaban J connectivity index is 4.15. The molecule has 0 radical (unpaired) electrons. The van der Waals surface area contributed by atoms with Crippen LogP contribution < -0.4 is 0 Å². The molecule has 0 saturated heterocycles. The lowest BCUT2D eigenvalue weighted by Gasteiger charge is -2.13. The molecule has 7 nitrogen and oxygen atoms in total. The van der Waals surface area contributed by atoms with Crippen molar-refractivity contribution in [1.82, 2.24) is 0 Å². The van der Waals surface area contributed by atoms with Crippen LogP contribution in [0, 0.1) is 20.2 Å². The molecule has 9 heteroatoms. The molecule has 0 spiro atoms. The van der Waals surface area contributed by atoms with E-state index >= 15 is 0 Å². The fourth-order valence-corrected chi connectivity index (χ4v) is 0.761. The van der Waals surface area contributed by atoms with Crippen molar-refractivity contribution in [2.45, 2.75) is 4.45 Å². The molecular weight excluding hydrogens is 304 g/mol. The van der Waals surface area contributed by atoms with Gasteiger partial charge in [-0.3, -0.25) is 10.1 Å². The van der Waals surface area contributed by atoms with Gasteiger partial charge in [0.05, 0.1) is 5.33 Å². The highest BCUT2D eigenvalue weighted by Crippen LogP contribution is 2.21. The summed E-state index contributed by atoms with van der Waals surface area (Å²) in [6, 6.07) is 0. The third kappa shape index (κ3) is 3.30. The van der Waals surface area contributed by atoms with E-state index in [1.165, 1.54) is 0 Å². The van der Waals surface area contributed by atoms with Crippen LogP contribution in [0.15, 0.2) is 0 Å². The van der Waals surface area contributed by atoms with E-state index in [2.05, 4.69) is 36.7 Å². The molecule has 0 aliphatic carbocycles. The van der Waals surface area contributed by atoms with Crippen LogP contribution in [0.25, 0.3) is 0 Å². The molecule has 70 valence electrons. The van der Waals surface area contributed by atoms with E-state index in [0.717, 1.165) is 0 Å². The maximum Gasteiger partial charge on any atom is 0.307 e. The first kappa shape index (κ1) is 11.6. The summed E-state index contributed by atoms with van der Waals surface area (Å²) in [5, 5.41) is 18.8. The molecule has 0 aromatic carbocycles. The number of nitro groups is 1. The van der Waals surface area contributed by atoms with E-state index in [-0.39, 0.29) is 5.33 Å². The van der Waals surface area contributed by atoms with Crippen LogP contribution in [0.4, 0.5) is 0 Å². The van der Waals surface area contributed by atoms with Gasteiger partial charge < -0.3 is 4.84 Å². The summed E-state index contributed by atoms with van der Waals surface area (Å²) in [4.78, 5) is 23.2. The van der Waals surface area contributed by atoms with Crippen molar-refractivity contribution in [3.05, 3.63) is 20.2 Å². The lowest BCUT2D eigenvalue weighted by molar-refractivity contribution is -0.766. The second kappa shape index (κ2) is 4.55. The molecule has 0 aliphatic heterocycles. The van der Waals surface area contributed by atoms with E-state index in [1.54, 1.807) is 0 Å². The highest BCUT2D eigenvalue weighted by molar-refractivity contribution is 9.12. The van der Waals surface area contributed by atoms with Gasteiger partial charge in [-0.05, 0) is 0 Å². The zero-order valence-corrected chi connectivity index (χ0v) is 8.78. The minimum Gasteiger partial charge on any atom is -0.305 e. The summed E-state index contributed by atoms with van der Waals surface area (Å²) in [7, 11) is 0. The maximum absolute atomic E-state index is 10.3. The summed E-state index contributed by atoms with van der Waals surface area (Å²) < 4.78 is -1.64. The van der Waals surface area contributed by atoms with Crippen LogP contribution in [0.3, 0.4) is 0 Å². The summed E-state index contributed by atoms with van der Waals surface area (Å²) in [5.41, 5.74) is 0. The van der Waals surface area contributed by atoms with Gasteiger partial charge in [0, 0.05) is 20.9 Å². The van der Waals surface area contributed by atoms with Gasteiger partial charge in [-0.25, -0.2) is 0 Å². The third-order valence-electron chi connectivity index (χ3n) is 0.923. The van der Waals surface area contributed by atoms with Gasteiger partial charge in [0.2, 0.25) is 0 Å². The van der Waals surface area contributed by atoms with Crippen LogP contribution in [0.1, 0.15) is 0 Å². The Kier molecular flexibility index (Phi) is 4.39. The van der Waals surface area contributed by atoms with Crippen molar-refractivity contribution < 1.29 is 14.8 Å². The Morgan fingerprint density at radius 1 is 1.42 bits per heavy atom. The van der Waals surface area contributed by atoms with E-state index in [1.807, 2.05) is 0 Å². The predicted octanol–water partition coefficient (Wildman–Crippen LogP) is 0.957. The van der Waals surface area contributed by atoms with Gasteiger partial charge >= 0.3 is 4.45 Å². The molecule has 0 aromatic heterocycles. The van der Waals surface area contributed by atoms with E-state index in [0.29, 0.717) is 0 Å². The number of halogens is 2. The molecule has 0 aliphatic rings. The molecule has 1 atom stereocenters. The topological polar surface area (TPSA) is 95.5 Å². The molecule has 12 heavy (non-hydrogen) atoms. The van der Waals surface area contributed by atoms with E-state index < -0.39 is 21.1 Å². The van der Waals surface area contributed by atoms with Crippen LogP contribution in [0.2, 0.25) is 0 Å². The number of hydrogen-bond donors (Lipinski definition) is 0. The number of hydrogen-bond acceptors (Lipinski definition) is 5. The highest BCUT2D eigenvalue weighted by atomic mass is 79.9. The Hall–Kier alpha value is -0.440. The molecule has 0 aromatic rings. The summed E-state index contributed by atoms with van der Waals surface area (Å²) in [6.45, 7) is -0.641. The minimum absolute atomic E-state index is 0.0825. The van der Waals surface area contributed by atoms with Gasteiger partial charge in [-0.2, -0.15) is 0 Å². The first-order chi connectivity index (χ1) is 5.42. The van der Waals surface area contributed by atoms with Crippen molar-refractivity contribution in [3.63, 3.8) is 0 Å². The smallest absolute Gasteiger partial charge is 0.305 e. The fourth-order valence-electron chi connectivity index (χ4n) is 0.292. The van der Waals surface area contributed by atoms with Crippen molar-refractivity contribution in [1.29, 1.82) is 0 Å². The molecule has 1 unspecified atom stereocenters. The molecule has 0 heterocycles. The van der Waals surface area contributed by atoms with E-state index in [4.69, 9.17) is 0 Å². The van der Waals surface area contributed by atoms with Gasteiger partial charge in [0.15, 0.2) is 6.61 Å². The van der Waals surface area contributed by atoms with Gasteiger partial charge in [-0.1, -0.05) is 15.9 Å². The number of nitrogens with zero attached hydrogens (tertiary/aromatic N) is 2. The zero-order chi connectivity index (χ0) is 9.78. The normalized spacial score (nSPS) is 14.8. The zero-order valence-electron chi connectivity index (χ0n) is 5.61. The molecule has 0 amide bonds. The largest absolute Gasteiger partial charge is 0.307 e. The number of rotatable bonds is 5. The summed E-state index contributed by atoms with van der Waals surface area (Å²) >= 11 is 5.53. The van der Waals surface area contributed by atoms with Gasteiger partial charge in [-0.15, -0.1) is 10.1 Å². The Morgan fingerprint density at radius 2 is 1.92 bits per heavy atom. The standard InChI is InChI=1S/C3H4Br2N2O5/c4-1-3(5,6(8)9)2-12-7(10)11/h1-2H2. The van der Waals surface area contributed by atoms with Gasteiger partial charge in [0.1, 0.15) is 0 Å². The maximum atomic E-state index is 10.3. The second-order valence-corrected chi connectivity index (χ2v) is 3.84. The molecule has 0 bridgehead atoms. The van der Waals surface area contributed by atoms with Crippen molar-refractivity contribution in [2.75, 3.05) is 11.9 Å². The molecule has 0 N–H and O–H groups in total. The first-order valence-electron chi connectivity index (χ1n) is 2.59. The van der Waals surface area contributed by atoms with Crippen LogP contribution >= 0.6 is 31.9 Å². The molecule has 0 saturated carbocycles. The molecule has 0 rings (SSSR count). The van der Waals surface area contributed by atoms with Crippen LogP contribution in [-0.2, 0) is 4.84 Å². The Morgan fingerprint density at radius 3 is 2.17 bits per heavy atom. The van der Waals surface area contributed by atoms with E-state index in [9.17, 15) is 20.2 Å². The Bertz CT molecular complexity index is 199. The molecule has 0 fully saturated rings. The van der Waals surface area contributed by atoms with Crippen LogP contribution in [0.5, 0.6) is 0 Å². The monoisotopic (exact) mass is 306 g/mol. The van der Waals surface area contributed by atoms with Gasteiger partial charge in [0.25, 0.3) is 5.09 Å². The number of alkyl halides is 2. The summed E-state index contributed by atoms with van der Waals surface area (Å²) in [5.74, 6) is 0. The molecular formula is C3H4Br2N2O5. The van der Waals surface area contributed by atoms with Crippen molar-refractivity contribution >= 4 is 31.9 Å². The predicted molar refractivity (Wildman–Crippen MR) is 45.4 cm³/mol. The minimum atomic E-state index is -1.64. The van der Waals surface area contributed by atoms with Crippen molar-refractivity contribution in [3.8, 4) is 0 Å². The van der Waals surface area contributed by atoms with Crippen molar-refractivity contribution in [2.24, 2.45) is 0 Å². The second-order valence-electron chi connectivity index (χ2n) is 1.81. The lowest BCUT2D eigenvalue weighted by Crippen LogP contribution is -2.39. The first-order valence-corrected chi connectivity index (χ1v) is 4.50. The van der Waals surface area contributed by atoms with Crippen LogP contribution in [-0.4, -0.2) is 26.4 Å².